The summed E-state index contributed by atoms with van der Waals surface area (Å²) in [5.74, 6) is 0.0275. The maximum absolute atomic E-state index is 13.4. The second kappa shape index (κ2) is 6.39. The molecule has 5 heteroatoms. The zero-order valence-electron chi connectivity index (χ0n) is 11.1. The van der Waals surface area contributed by atoms with E-state index in [1.807, 2.05) is 13.8 Å². The van der Waals surface area contributed by atoms with E-state index in [9.17, 15) is 9.18 Å². The highest BCUT2D eigenvalue weighted by Crippen LogP contribution is 2.22. The van der Waals surface area contributed by atoms with Crippen molar-refractivity contribution in [2.24, 2.45) is 0 Å². The van der Waals surface area contributed by atoms with Gasteiger partial charge in [-0.15, -0.1) is 11.8 Å². The molecule has 1 saturated heterocycles. The van der Waals surface area contributed by atoms with E-state index in [4.69, 9.17) is 4.74 Å². The number of hydrogen-bond acceptors (Lipinski definition) is 3. The average molecular weight is 283 g/mol. The Morgan fingerprint density at radius 3 is 2.63 bits per heavy atom. The normalized spacial score (nSPS) is 23.4. The number of hydrogen-bond donors (Lipinski definition) is 0. The van der Waals surface area contributed by atoms with E-state index in [0.717, 1.165) is 0 Å². The van der Waals surface area contributed by atoms with Crippen LogP contribution in [0.5, 0.6) is 0 Å². The van der Waals surface area contributed by atoms with Crippen LogP contribution in [0.3, 0.4) is 0 Å². The standard InChI is InChI=1S/C14H18FNO2S/c1-10-7-16(8-11(2)18-10)14(17)9-19-13-6-4-3-5-12(13)15/h3-6,10-11H,7-9H2,1-2H3. The third-order valence-electron chi connectivity index (χ3n) is 2.96. The molecular weight excluding hydrogens is 265 g/mol. The van der Waals surface area contributed by atoms with Crippen molar-refractivity contribution in [1.29, 1.82) is 0 Å². The second-order valence-corrected chi connectivity index (χ2v) is 5.79. The Labute approximate surface area is 117 Å². The summed E-state index contributed by atoms with van der Waals surface area (Å²) < 4.78 is 19.0. The first-order valence-electron chi connectivity index (χ1n) is 6.37. The zero-order valence-corrected chi connectivity index (χ0v) is 12.0. The molecule has 0 aromatic heterocycles. The van der Waals surface area contributed by atoms with E-state index in [0.29, 0.717) is 18.0 Å². The second-order valence-electron chi connectivity index (χ2n) is 4.78. The first-order chi connectivity index (χ1) is 9.06. The Bertz CT molecular complexity index is 445. The van der Waals surface area contributed by atoms with Crippen LogP contribution in [0.4, 0.5) is 4.39 Å². The molecule has 3 nitrogen and oxygen atoms in total. The van der Waals surface area contributed by atoms with Crippen LogP contribution in [0, 0.1) is 5.82 Å². The predicted octanol–water partition coefficient (Wildman–Crippen LogP) is 2.55. The Morgan fingerprint density at radius 2 is 2.00 bits per heavy atom. The van der Waals surface area contributed by atoms with Gasteiger partial charge in [-0.1, -0.05) is 12.1 Å². The fourth-order valence-electron chi connectivity index (χ4n) is 2.17. The summed E-state index contributed by atoms with van der Waals surface area (Å²) in [5.41, 5.74) is 0. The molecule has 104 valence electrons. The maximum Gasteiger partial charge on any atom is 0.233 e. The smallest absolute Gasteiger partial charge is 0.233 e. The molecule has 0 saturated carbocycles. The van der Waals surface area contributed by atoms with Gasteiger partial charge in [0.2, 0.25) is 5.91 Å². The van der Waals surface area contributed by atoms with Crippen LogP contribution in [0.1, 0.15) is 13.8 Å². The lowest BCUT2D eigenvalue weighted by Gasteiger charge is -2.35. The fourth-order valence-corrected chi connectivity index (χ4v) is 3.02. The molecule has 2 unspecified atom stereocenters. The fraction of sp³-hybridized carbons (Fsp3) is 0.500. The third kappa shape index (κ3) is 3.94. The number of halogens is 1. The Morgan fingerprint density at radius 1 is 1.37 bits per heavy atom. The van der Waals surface area contributed by atoms with Crippen molar-refractivity contribution in [3.05, 3.63) is 30.1 Å². The lowest BCUT2D eigenvalue weighted by Crippen LogP contribution is -2.48. The van der Waals surface area contributed by atoms with Gasteiger partial charge in [0, 0.05) is 18.0 Å². The number of ether oxygens (including phenoxy) is 1. The van der Waals surface area contributed by atoms with Gasteiger partial charge in [-0.25, -0.2) is 4.39 Å². The highest BCUT2D eigenvalue weighted by atomic mass is 32.2. The summed E-state index contributed by atoms with van der Waals surface area (Å²) in [7, 11) is 0. The molecule has 0 N–H and O–H groups in total. The highest BCUT2D eigenvalue weighted by molar-refractivity contribution is 8.00. The summed E-state index contributed by atoms with van der Waals surface area (Å²) >= 11 is 1.24. The van der Waals surface area contributed by atoms with Gasteiger partial charge in [-0.3, -0.25) is 4.79 Å². The number of carbonyl (C=O) groups excluding carboxylic acids is 1. The highest BCUT2D eigenvalue weighted by Gasteiger charge is 2.25. The molecule has 1 fully saturated rings. The molecule has 1 aliphatic heterocycles. The number of amides is 1. The minimum atomic E-state index is -0.274. The largest absolute Gasteiger partial charge is 0.372 e. The van der Waals surface area contributed by atoms with Gasteiger partial charge in [0.15, 0.2) is 0 Å². The predicted molar refractivity (Wildman–Crippen MR) is 73.7 cm³/mol. The van der Waals surface area contributed by atoms with Crippen molar-refractivity contribution in [3.8, 4) is 0 Å². The number of nitrogens with zero attached hydrogens (tertiary/aromatic N) is 1. The Hall–Kier alpha value is -1.07. The topological polar surface area (TPSA) is 29.5 Å². The van der Waals surface area contributed by atoms with Crippen molar-refractivity contribution in [3.63, 3.8) is 0 Å². The first kappa shape index (κ1) is 14.3. The van der Waals surface area contributed by atoms with Crippen LogP contribution >= 0.6 is 11.8 Å². The first-order valence-corrected chi connectivity index (χ1v) is 7.35. The third-order valence-corrected chi connectivity index (χ3v) is 3.99. The van der Waals surface area contributed by atoms with E-state index in [-0.39, 0.29) is 29.7 Å². The van der Waals surface area contributed by atoms with E-state index in [1.54, 1.807) is 23.1 Å². The van der Waals surface area contributed by atoms with Crippen LogP contribution in [0.15, 0.2) is 29.2 Å². The molecule has 1 aromatic carbocycles. The van der Waals surface area contributed by atoms with Crippen LogP contribution in [-0.4, -0.2) is 41.9 Å². The molecule has 2 rings (SSSR count). The van der Waals surface area contributed by atoms with Crippen molar-refractivity contribution in [2.75, 3.05) is 18.8 Å². The maximum atomic E-state index is 13.4. The summed E-state index contributed by atoms with van der Waals surface area (Å²) in [6, 6.07) is 6.52. The van der Waals surface area contributed by atoms with Gasteiger partial charge < -0.3 is 9.64 Å². The number of thioether (sulfide) groups is 1. The molecule has 1 amide bonds. The zero-order chi connectivity index (χ0) is 13.8. The monoisotopic (exact) mass is 283 g/mol. The van der Waals surface area contributed by atoms with Crippen LogP contribution in [0.2, 0.25) is 0 Å². The van der Waals surface area contributed by atoms with Crippen molar-refractivity contribution >= 4 is 17.7 Å². The molecule has 1 heterocycles. The summed E-state index contributed by atoms with van der Waals surface area (Å²) in [6.07, 6.45) is 0.123. The van der Waals surface area contributed by atoms with E-state index in [1.165, 1.54) is 17.8 Å². The summed E-state index contributed by atoms with van der Waals surface area (Å²) in [5, 5.41) is 0. The van der Waals surface area contributed by atoms with Crippen LogP contribution in [-0.2, 0) is 9.53 Å². The molecule has 2 atom stereocenters. The lowest BCUT2D eigenvalue weighted by molar-refractivity contribution is -0.140. The molecule has 1 aromatic rings. The quantitative estimate of drug-likeness (QED) is 0.799. The van der Waals surface area contributed by atoms with E-state index >= 15 is 0 Å². The van der Waals surface area contributed by atoms with Crippen molar-refractivity contribution in [2.45, 2.75) is 31.0 Å². The molecule has 0 aliphatic carbocycles. The SMILES string of the molecule is CC1CN(C(=O)CSc2ccccc2F)CC(C)O1. The summed E-state index contributed by atoms with van der Waals surface area (Å²) in [6.45, 7) is 5.14. The van der Waals surface area contributed by atoms with Crippen LogP contribution in [0.25, 0.3) is 0 Å². The van der Waals surface area contributed by atoms with Gasteiger partial charge in [-0.2, -0.15) is 0 Å². The Balaban J connectivity index is 1.89. The summed E-state index contributed by atoms with van der Waals surface area (Å²) in [4.78, 5) is 14.4. The van der Waals surface area contributed by atoms with Crippen molar-refractivity contribution in [1.82, 2.24) is 4.90 Å². The molecule has 19 heavy (non-hydrogen) atoms. The number of rotatable bonds is 3. The molecule has 1 aliphatic rings. The molecule has 0 bridgehead atoms. The minimum Gasteiger partial charge on any atom is -0.372 e. The van der Waals surface area contributed by atoms with E-state index in [2.05, 4.69) is 0 Å². The molecular formula is C14H18FNO2S. The number of morpholine rings is 1. The van der Waals surface area contributed by atoms with Gasteiger partial charge >= 0.3 is 0 Å². The lowest BCUT2D eigenvalue weighted by atomic mass is 10.2. The van der Waals surface area contributed by atoms with Crippen LogP contribution < -0.4 is 0 Å². The Kier molecular flexibility index (Phi) is 4.82. The number of benzene rings is 1. The van der Waals surface area contributed by atoms with Gasteiger partial charge in [-0.05, 0) is 26.0 Å². The van der Waals surface area contributed by atoms with E-state index < -0.39 is 0 Å². The molecule has 0 radical (unpaired) electrons. The van der Waals surface area contributed by atoms with Gasteiger partial charge in [0.05, 0.1) is 18.0 Å². The molecule has 0 spiro atoms. The van der Waals surface area contributed by atoms with Gasteiger partial charge in [0.1, 0.15) is 5.82 Å². The number of carbonyl (C=O) groups is 1. The minimum absolute atomic E-state index is 0.0373. The van der Waals surface area contributed by atoms with Crippen molar-refractivity contribution < 1.29 is 13.9 Å². The van der Waals surface area contributed by atoms with Gasteiger partial charge in [0.25, 0.3) is 0 Å². The average Bonchev–Trinajstić information content (AvgIpc) is 2.36.